The Morgan fingerprint density at radius 2 is 1.68 bits per heavy atom. The average Bonchev–Trinajstić information content (AvgIpc) is 2.44. The summed E-state index contributed by atoms with van der Waals surface area (Å²) >= 11 is 0. The zero-order valence-corrected chi connectivity index (χ0v) is 13.2. The normalized spacial score (nSPS) is 11.4. The molecule has 0 bridgehead atoms. The number of ether oxygens (including phenoxy) is 1. The Hall–Kier alpha value is -1.81. The molecule has 0 fully saturated rings. The third-order valence-electron chi connectivity index (χ3n) is 3.21. The van der Waals surface area contributed by atoms with Crippen molar-refractivity contribution in [2.45, 2.75) is 19.5 Å². The van der Waals surface area contributed by atoms with E-state index in [2.05, 4.69) is 0 Å². The molecule has 0 aliphatic carbocycles. The average molecular weight is 322 g/mol. The van der Waals surface area contributed by atoms with Crippen molar-refractivity contribution in [2.24, 2.45) is 0 Å². The maximum atomic E-state index is 11.1. The Kier molecular flexibility index (Phi) is 5.24. The van der Waals surface area contributed by atoms with Crippen LogP contribution in [0, 0.1) is 0 Å². The number of para-hydroxylation sites is 1. The second-order valence-corrected chi connectivity index (χ2v) is 6.65. The zero-order chi connectivity index (χ0) is 16.2. The molecule has 0 unspecified atom stereocenters. The molecular formula is C16H19O5P. The second kappa shape index (κ2) is 6.97. The summed E-state index contributed by atoms with van der Waals surface area (Å²) in [4.78, 5) is 18.1. The summed E-state index contributed by atoms with van der Waals surface area (Å²) in [6, 6.07) is 12.5. The van der Waals surface area contributed by atoms with Gasteiger partial charge in [-0.3, -0.25) is 4.57 Å². The summed E-state index contributed by atoms with van der Waals surface area (Å²) in [5.41, 5.74) is 1.87. The second-order valence-electron chi connectivity index (χ2n) is 5.00. The first-order chi connectivity index (χ1) is 10.4. The van der Waals surface area contributed by atoms with Crippen LogP contribution in [-0.4, -0.2) is 21.5 Å². The minimum absolute atomic E-state index is 0.0558. The molecule has 0 saturated heterocycles. The van der Waals surface area contributed by atoms with E-state index in [1.54, 1.807) is 12.1 Å². The summed E-state index contributed by atoms with van der Waals surface area (Å²) < 4.78 is 16.5. The number of hydrogen-bond acceptors (Lipinski definition) is 3. The molecule has 0 saturated carbocycles. The smallest absolute Gasteiger partial charge is 0.330 e. The molecule has 0 amide bonds. The first-order valence-electron chi connectivity index (χ1n) is 6.95. The fourth-order valence-corrected chi connectivity index (χ4v) is 2.93. The molecule has 0 atom stereocenters. The van der Waals surface area contributed by atoms with Crippen molar-refractivity contribution >= 4 is 7.60 Å². The number of benzene rings is 2. The van der Waals surface area contributed by atoms with Crippen LogP contribution in [0.25, 0.3) is 0 Å². The van der Waals surface area contributed by atoms with E-state index in [0.29, 0.717) is 18.6 Å². The van der Waals surface area contributed by atoms with Gasteiger partial charge in [0.15, 0.2) is 0 Å². The van der Waals surface area contributed by atoms with Crippen LogP contribution in [0.2, 0.25) is 0 Å². The third-order valence-corrected chi connectivity index (χ3v) is 3.96. The standard InChI is InChI=1S/C16H19O5P/c1-2-21-15-8-6-12(7-9-15)10-13-4-3-5-14(16(13)17)11-22(18,19)20/h3-9,17H,2,10-11H2,1H3,(H2,18,19,20). The van der Waals surface area contributed by atoms with Gasteiger partial charge in [-0.25, -0.2) is 0 Å². The van der Waals surface area contributed by atoms with Crippen LogP contribution in [-0.2, 0) is 17.1 Å². The number of phenols is 1. The number of hydrogen-bond donors (Lipinski definition) is 3. The number of phenolic OH excluding ortho intramolecular Hbond substituents is 1. The minimum atomic E-state index is -4.21. The predicted octanol–water partition coefficient (Wildman–Crippen LogP) is 3.06. The highest BCUT2D eigenvalue weighted by Gasteiger charge is 2.18. The molecular weight excluding hydrogens is 303 g/mol. The van der Waals surface area contributed by atoms with Crippen molar-refractivity contribution in [1.82, 2.24) is 0 Å². The van der Waals surface area contributed by atoms with E-state index in [9.17, 15) is 9.67 Å². The molecule has 3 N–H and O–H groups in total. The Morgan fingerprint density at radius 1 is 1.05 bits per heavy atom. The zero-order valence-electron chi connectivity index (χ0n) is 12.3. The summed E-state index contributed by atoms with van der Waals surface area (Å²) in [5, 5.41) is 10.2. The Labute approximate surface area is 129 Å². The lowest BCUT2D eigenvalue weighted by Gasteiger charge is -2.11. The molecule has 2 rings (SSSR count). The Bertz CT molecular complexity index is 675. The molecule has 0 radical (unpaired) electrons. The van der Waals surface area contributed by atoms with E-state index in [1.807, 2.05) is 31.2 Å². The first kappa shape index (κ1) is 16.6. The van der Waals surface area contributed by atoms with Crippen molar-refractivity contribution in [3.63, 3.8) is 0 Å². The van der Waals surface area contributed by atoms with Gasteiger partial charge in [-0.15, -0.1) is 0 Å². The van der Waals surface area contributed by atoms with E-state index in [4.69, 9.17) is 14.5 Å². The molecule has 22 heavy (non-hydrogen) atoms. The van der Waals surface area contributed by atoms with Crippen LogP contribution in [0.1, 0.15) is 23.6 Å². The van der Waals surface area contributed by atoms with Gasteiger partial charge in [-0.2, -0.15) is 0 Å². The molecule has 0 aliphatic rings. The van der Waals surface area contributed by atoms with Crippen LogP contribution in [0.3, 0.4) is 0 Å². The van der Waals surface area contributed by atoms with E-state index in [1.165, 1.54) is 6.07 Å². The molecule has 5 nitrogen and oxygen atoms in total. The lowest BCUT2D eigenvalue weighted by Crippen LogP contribution is -1.95. The molecule has 2 aromatic carbocycles. The summed E-state index contributed by atoms with van der Waals surface area (Å²) in [5.74, 6) is 0.727. The van der Waals surface area contributed by atoms with Gasteiger partial charge in [0.2, 0.25) is 0 Å². The van der Waals surface area contributed by atoms with Gasteiger partial charge in [-0.1, -0.05) is 30.3 Å². The van der Waals surface area contributed by atoms with Crippen molar-refractivity contribution in [3.8, 4) is 11.5 Å². The van der Waals surface area contributed by atoms with Gasteiger partial charge in [-0.05, 0) is 30.2 Å². The maximum Gasteiger partial charge on any atom is 0.330 e. The fraction of sp³-hybridized carbons (Fsp3) is 0.250. The summed E-state index contributed by atoms with van der Waals surface area (Å²) in [6.07, 6.45) is 0.0171. The Morgan fingerprint density at radius 3 is 2.27 bits per heavy atom. The molecule has 2 aromatic rings. The van der Waals surface area contributed by atoms with Crippen molar-refractivity contribution < 1.29 is 24.2 Å². The molecule has 0 aliphatic heterocycles. The molecule has 6 heteroatoms. The number of aromatic hydroxyl groups is 1. The van der Waals surface area contributed by atoms with E-state index >= 15 is 0 Å². The summed E-state index contributed by atoms with van der Waals surface area (Å²) in [7, 11) is -4.21. The highest BCUT2D eigenvalue weighted by molar-refractivity contribution is 7.50. The SMILES string of the molecule is CCOc1ccc(Cc2cccc(CP(=O)(O)O)c2O)cc1. The summed E-state index contributed by atoms with van der Waals surface area (Å²) in [6.45, 7) is 2.52. The topological polar surface area (TPSA) is 87.0 Å². The van der Waals surface area contributed by atoms with Crippen LogP contribution >= 0.6 is 7.60 Å². The maximum absolute atomic E-state index is 11.1. The third kappa shape index (κ3) is 4.60. The molecule has 0 spiro atoms. The largest absolute Gasteiger partial charge is 0.507 e. The molecule has 0 aromatic heterocycles. The van der Waals surface area contributed by atoms with Crippen molar-refractivity contribution in [1.29, 1.82) is 0 Å². The lowest BCUT2D eigenvalue weighted by molar-refractivity contribution is 0.340. The van der Waals surface area contributed by atoms with Gasteiger partial charge in [0.05, 0.1) is 12.8 Å². The number of rotatable bonds is 6. The highest BCUT2D eigenvalue weighted by Crippen LogP contribution is 2.42. The predicted molar refractivity (Wildman–Crippen MR) is 84.3 cm³/mol. The van der Waals surface area contributed by atoms with E-state index in [0.717, 1.165) is 11.3 Å². The monoisotopic (exact) mass is 322 g/mol. The Balaban J connectivity index is 2.19. The van der Waals surface area contributed by atoms with Crippen LogP contribution < -0.4 is 4.74 Å². The van der Waals surface area contributed by atoms with Gasteiger partial charge >= 0.3 is 7.60 Å². The van der Waals surface area contributed by atoms with Crippen molar-refractivity contribution in [2.75, 3.05) is 6.61 Å². The van der Waals surface area contributed by atoms with Crippen LogP contribution in [0.15, 0.2) is 42.5 Å². The van der Waals surface area contributed by atoms with Crippen LogP contribution in [0.4, 0.5) is 0 Å². The highest BCUT2D eigenvalue weighted by atomic mass is 31.2. The van der Waals surface area contributed by atoms with Crippen molar-refractivity contribution in [3.05, 3.63) is 59.2 Å². The minimum Gasteiger partial charge on any atom is -0.507 e. The van der Waals surface area contributed by atoms with Gasteiger partial charge in [0, 0.05) is 12.0 Å². The van der Waals surface area contributed by atoms with Gasteiger partial charge < -0.3 is 19.6 Å². The first-order valence-corrected chi connectivity index (χ1v) is 8.75. The van der Waals surface area contributed by atoms with Gasteiger partial charge in [0.25, 0.3) is 0 Å². The lowest BCUT2D eigenvalue weighted by atomic mass is 10.0. The van der Waals surface area contributed by atoms with E-state index in [-0.39, 0.29) is 11.3 Å². The fourth-order valence-electron chi connectivity index (χ4n) is 2.23. The quantitative estimate of drug-likeness (QED) is 0.712. The van der Waals surface area contributed by atoms with Gasteiger partial charge in [0.1, 0.15) is 11.5 Å². The molecule has 118 valence electrons. The molecule has 0 heterocycles. The van der Waals surface area contributed by atoms with Crippen LogP contribution in [0.5, 0.6) is 11.5 Å². The van der Waals surface area contributed by atoms with E-state index < -0.39 is 13.8 Å².